The first-order valence-corrected chi connectivity index (χ1v) is 11.4. The molecule has 14 heteroatoms. The largest absolute Gasteiger partial charge is 0.497 e. The van der Waals surface area contributed by atoms with Gasteiger partial charge in [-0.15, -0.1) is 5.10 Å². The Kier molecular flexibility index (Phi) is 7.46. The molecule has 0 radical (unpaired) electrons. The molecular formula is C25H25FN8O5. The first kappa shape index (κ1) is 26.7. The van der Waals surface area contributed by atoms with Crippen molar-refractivity contribution in [3.05, 3.63) is 81.9 Å². The molecule has 2 aromatic carbocycles. The molecule has 39 heavy (non-hydrogen) atoms. The molecule has 0 aliphatic heterocycles. The van der Waals surface area contributed by atoms with Gasteiger partial charge in [-0.05, 0) is 36.4 Å². The van der Waals surface area contributed by atoms with Crippen LogP contribution in [0.15, 0.2) is 53.5 Å². The maximum Gasteiger partial charge on any atom is 0.348 e. The Morgan fingerprint density at radius 1 is 1.18 bits per heavy atom. The van der Waals surface area contributed by atoms with Crippen LogP contribution in [0.3, 0.4) is 0 Å². The van der Waals surface area contributed by atoms with E-state index in [1.54, 1.807) is 12.1 Å². The number of ether oxygens (including phenoxy) is 3. The fourth-order valence-electron chi connectivity index (χ4n) is 3.79. The van der Waals surface area contributed by atoms with E-state index >= 15 is 4.39 Å². The zero-order valence-electron chi connectivity index (χ0n) is 21.1. The van der Waals surface area contributed by atoms with Crippen molar-refractivity contribution in [3.8, 4) is 22.9 Å². The molecule has 2 aromatic heterocycles. The zero-order valence-corrected chi connectivity index (χ0v) is 21.1. The van der Waals surface area contributed by atoms with Crippen LogP contribution in [0.2, 0.25) is 0 Å². The number of rotatable bonds is 9. The molecular weight excluding hydrogens is 511 g/mol. The van der Waals surface area contributed by atoms with E-state index in [2.05, 4.69) is 20.4 Å². The molecule has 4 rings (SSSR count). The number of hydrogen-bond donors (Lipinski definition) is 5. The van der Waals surface area contributed by atoms with Crippen LogP contribution < -0.4 is 36.7 Å². The summed E-state index contributed by atoms with van der Waals surface area (Å²) in [6.45, 7) is 1.20. The Morgan fingerprint density at radius 3 is 2.59 bits per heavy atom. The van der Waals surface area contributed by atoms with Crippen molar-refractivity contribution in [1.29, 1.82) is 5.41 Å². The highest BCUT2D eigenvalue weighted by atomic mass is 19.1. The van der Waals surface area contributed by atoms with Gasteiger partial charge in [0.15, 0.2) is 23.1 Å². The Morgan fingerprint density at radius 2 is 1.95 bits per heavy atom. The summed E-state index contributed by atoms with van der Waals surface area (Å²) >= 11 is 0. The average Bonchev–Trinajstić information content (AvgIpc) is 3.29. The molecule has 0 spiro atoms. The standard InChI is InChI=1S/C25H25FN8O5/c1-12(35)39-18-9-13(22(27)28)6-7-16(18)31-21(15-10-14(37-2)11-19(38-3)20(15)26)24-32-25(36)34(33-24)17-5-4-8-30-23(17)29/h4-11,21,31H,1-3H3,(H3,27,28)(H2,29,30)(H,32,33,36). The zero-order chi connectivity index (χ0) is 28.3. The molecule has 1 atom stereocenters. The summed E-state index contributed by atoms with van der Waals surface area (Å²) in [5, 5.41) is 15.1. The van der Waals surface area contributed by atoms with Crippen molar-refractivity contribution >= 4 is 23.3 Å². The molecule has 7 N–H and O–H groups in total. The van der Waals surface area contributed by atoms with E-state index in [9.17, 15) is 9.59 Å². The Bertz CT molecular complexity index is 1620. The fourth-order valence-corrected chi connectivity index (χ4v) is 3.79. The summed E-state index contributed by atoms with van der Waals surface area (Å²) in [5.74, 6) is -1.49. The minimum absolute atomic E-state index is 0.00810. The van der Waals surface area contributed by atoms with Crippen molar-refractivity contribution in [2.24, 2.45) is 5.73 Å². The van der Waals surface area contributed by atoms with Crippen LogP contribution in [-0.4, -0.2) is 45.8 Å². The molecule has 2 heterocycles. The summed E-state index contributed by atoms with van der Waals surface area (Å²) in [5.41, 5.74) is 11.5. The maximum atomic E-state index is 15.7. The highest BCUT2D eigenvalue weighted by molar-refractivity contribution is 5.96. The van der Waals surface area contributed by atoms with E-state index < -0.39 is 23.5 Å². The summed E-state index contributed by atoms with van der Waals surface area (Å²) in [6, 6.07) is 9.09. The number of nitrogens with one attached hydrogen (secondary N) is 3. The minimum atomic E-state index is -1.18. The lowest BCUT2D eigenvalue weighted by Crippen LogP contribution is -2.19. The average molecular weight is 537 g/mol. The molecule has 0 saturated carbocycles. The van der Waals surface area contributed by atoms with Crippen LogP contribution in [0, 0.1) is 11.2 Å². The van der Waals surface area contributed by atoms with Crippen LogP contribution in [0.5, 0.6) is 17.2 Å². The van der Waals surface area contributed by atoms with Gasteiger partial charge in [0, 0.05) is 30.3 Å². The van der Waals surface area contributed by atoms with Crippen LogP contribution >= 0.6 is 0 Å². The van der Waals surface area contributed by atoms with E-state index in [1.165, 1.54) is 57.7 Å². The molecule has 1 unspecified atom stereocenters. The summed E-state index contributed by atoms with van der Waals surface area (Å²) in [4.78, 5) is 31.3. The normalized spacial score (nSPS) is 11.5. The fraction of sp³-hybridized carbons (Fsp3) is 0.160. The third-order valence-corrected chi connectivity index (χ3v) is 5.61. The third-order valence-electron chi connectivity index (χ3n) is 5.61. The number of methoxy groups -OCH3 is 2. The van der Waals surface area contributed by atoms with E-state index in [4.69, 9.17) is 31.1 Å². The number of aromatic nitrogens is 4. The first-order chi connectivity index (χ1) is 18.6. The van der Waals surface area contributed by atoms with E-state index in [0.717, 1.165) is 4.68 Å². The number of carbonyl (C=O) groups excluding carboxylic acids is 1. The number of hydrogen-bond acceptors (Lipinski definition) is 10. The van der Waals surface area contributed by atoms with Gasteiger partial charge in [-0.2, -0.15) is 4.68 Å². The number of amidine groups is 1. The van der Waals surface area contributed by atoms with Gasteiger partial charge < -0.3 is 31.0 Å². The van der Waals surface area contributed by atoms with Crippen molar-refractivity contribution in [2.75, 3.05) is 25.3 Å². The number of esters is 1. The van der Waals surface area contributed by atoms with E-state index in [-0.39, 0.29) is 57.2 Å². The van der Waals surface area contributed by atoms with Crippen LogP contribution in [-0.2, 0) is 4.79 Å². The topological polar surface area (TPSA) is 196 Å². The Balaban J connectivity index is 1.93. The number of nitrogens with zero attached hydrogens (tertiary/aromatic N) is 3. The predicted octanol–water partition coefficient (Wildman–Crippen LogP) is 2.10. The molecule has 0 aliphatic carbocycles. The van der Waals surface area contributed by atoms with Gasteiger partial charge in [-0.25, -0.2) is 14.2 Å². The van der Waals surface area contributed by atoms with Crippen molar-refractivity contribution in [2.45, 2.75) is 13.0 Å². The van der Waals surface area contributed by atoms with E-state index in [1.807, 2.05) is 0 Å². The molecule has 0 amide bonds. The van der Waals surface area contributed by atoms with E-state index in [0.29, 0.717) is 0 Å². The maximum absolute atomic E-state index is 15.7. The number of benzene rings is 2. The SMILES string of the molecule is COc1cc(OC)c(F)c(C(Nc2ccc(C(=N)N)cc2OC(C)=O)c2nn(-c3cccnc3N)c(=O)[nH]2)c1. The van der Waals surface area contributed by atoms with Crippen LogP contribution in [0.4, 0.5) is 15.9 Å². The second-order valence-electron chi connectivity index (χ2n) is 8.16. The third kappa shape index (κ3) is 5.49. The molecule has 13 nitrogen and oxygen atoms in total. The molecule has 0 fully saturated rings. The summed E-state index contributed by atoms with van der Waals surface area (Å²) in [7, 11) is 2.70. The van der Waals surface area contributed by atoms with Crippen LogP contribution in [0.1, 0.15) is 29.9 Å². The molecule has 0 aliphatic rings. The number of nitrogen functional groups attached to an aromatic ring is 2. The highest BCUT2D eigenvalue weighted by Gasteiger charge is 2.28. The molecule has 0 saturated heterocycles. The molecule has 0 bridgehead atoms. The van der Waals surface area contributed by atoms with Gasteiger partial charge in [0.1, 0.15) is 29.1 Å². The number of halogens is 1. The van der Waals surface area contributed by atoms with Gasteiger partial charge in [0.05, 0.1) is 19.9 Å². The van der Waals surface area contributed by atoms with Crippen molar-refractivity contribution in [3.63, 3.8) is 0 Å². The lowest BCUT2D eigenvalue weighted by Gasteiger charge is -2.22. The first-order valence-electron chi connectivity index (χ1n) is 11.4. The lowest BCUT2D eigenvalue weighted by atomic mass is 10.0. The molecule has 202 valence electrons. The Hall–Kier alpha value is -5.40. The summed E-state index contributed by atoms with van der Waals surface area (Å²) in [6.07, 6.45) is 1.46. The number of anilines is 2. The number of pyridine rings is 1. The van der Waals surface area contributed by atoms with Gasteiger partial charge in [-0.1, -0.05) is 0 Å². The van der Waals surface area contributed by atoms with Crippen LogP contribution in [0.25, 0.3) is 5.69 Å². The number of aromatic amines is 1. The predicted molar refractivity (Wildman–Crippen MR) is 140 cm³/mol. The van der Waals surface area contributed by atoms with Crippen molar-refractivity contribution in [1.82, 2.24) is 19.7 Å². The number of H-pyrrole nitrogens is 1. The Labute approximate surface area is 221 Å². The van der Waals surface area contributed by atoms with Crippen molar-refractivity contribution < 1.29 is 23.4 Å². The molecule has 4 aromatic rings. The number of nitrogens with two attached hydrogens (primary N) is 2. The summed E-state index contributed by atoms with van der Waals surface area (Å²) < 4.78 is 32.5. The van der Waals surface area contributed by atoms with Gasteiger partial charge in [-0.3, -0.25) is 15.2 Å². The highest BCUT2D eigenvalue weighted by Crippen LogP contribution is 2.37. The smallest absolute Gasteiger partial charge is 0.348 e. The quantitative estimate of drug-likeness (QED) is 0.0914. The second-order valence-corrected chi connectivity index (χ2v) is 8.16. The van der Waals surface area contributed by atoms with Gasteiger partial charge in [0.2, 0.25) is 0 Å². The minimum Gasteiger partial charge on any atom is -0.497 e. The van der Waals surface area contributed by atoms with Gasteiger partial charge in [0.25, 0.3) is 0 Å². The number of carbonyl (C=O) groups is 1. The second kappa shape index (κ2) is 10.9. The lowest BCUT2D eigenvalue weighted by molar-refractivity contribution is -0.131. The monoisotopic (exact) mass is 536 g/mol. The van der Waals surface area contributed by atoms with Gasteiger partial charge >= 0.3 is 11.7 Å².